The number of benzene rings is 1. The highest BCUT2D eigenvalue weighted by Gasteiger charge is 2.15. The van der Waals surface area contributed by atoms with Crippen molar-refractivity contribution in [1.82, 2.24) is 0 Å². The number of carboxylic acids is 1. The first-order valence-electron chi connectivity index (χ1n) is 5.88. The molecular formula is C13H17FO5. The minimum Gasteiger partial charge on any atom is -0.487 e. The second-order valence-corrected chi connectivity index (χ2v) is 3.73. The number of carbonyl (C=O) groups is 1. The van der Waals surface area contributed by atoms with Gasteiger partial charge in [0, 0.05) is 20.3 Å². The summed E-state index contributed by atoms with van der Waals surface area (Å²) in [4.78, 5) is 10.9. The molecule has 1 aromatic rings. The van der Waals surface area contributed by atoms with Gasteiger partial charge in [0.15, 0.2) is 11.6 Å². The fourth-order valence-corrected chi connectivity index (χ4v) is 1.43. The standard InChI is InChI=1S/C13H17FO5/c1-17-6-3-7-18-8-9-19-12-10(13(15)16)4-2-5-11(12)14/h2,4-5H,3,6-9H2,1H3,(H,15,16). The molecule has 0 saturated heterocycles. The SMILES string of the molecule is COCCCOCCOc1c(F)cccc1C(=O)O. The van der Waals surface area contributed by atoms with Crippen molar-refractivity contribution in [2.24, 2.45) is 0 Å². The van der Waals surface area contributed by atoms with Gasteiger partial charge in [-0.25, -0.2) is 9.18 Å². The number of ether oxygens (including phenoxy) is 3. The molecule has 0 aliphatic carbocycles. The maximum atomic E-state index is 13.4. The van der Waals surface area contributed by atoms with E-state index in [1.807, 2.05) is 0 Å². The molecule has 0 saturated carbocycles. The van der Waals surface area contributed by atoms with Crippen LogP contribution in [0.2, 0.25) is 0 Å². The number of carboxylic acid groups (broad SMARTS) is 1. The lowest BCUT2D eigenvalue weighted by Gasteiger charge is -2.10. The van der Waals surface area contributed by atoms with Crippen molar-refractivity contribution in [2.45, 2.75) is 6.42 Å². The fraction of sp³-hybridized carbons (Fsp3) is 0.462. The molecule has 6 heteroatoms. The monoisotopic (exact) mass is 272 g/mol. The van der Waals surface area contributed by atoms with Crippen molar-refractivity contribution in [3.05, 3.63) is 29.6 Å². The number of para-hydroxylation sites is 1. The van der Waals surface area contributed by atoms with Crippen LogP contribution in [0.5, 0.6) is 5.75 Å². The molecule has 0 atom stereocenters. The normalized spacial score (nSPS) is 10.4. The summed E-state index contributed by atoms with van der Waals surface area (Å²) in [5, 5.41) is 8.90. The van der Waals surface area contributed by atoms with Gasteiger partial charge in [-0.2, -0.15) is 0 Å². The average molecular weight is 272 g/mol. The summed E-state index contributed by atoms with van der Waals surface area (Å²) in [6.45, 7) is 1.48. The van der Waals surface area contributed by atoms with Crippen LogP contribution in [0.15, 0.2) is 18.2 Å². The van der Waals surface area contributed by atoms with Crippen molar-refractivity contribution in [3.63, 3.8) is 0 Å². The molecule has 0 aliphatic heterocycles. The van der Waals surface area contributed by atoms with Crippen molar-refractivity contribution in [1.29, 1.82) is 0 Å². The largest absolute Gasteiger partial charge is 0.487 e. The molecule has 0 fully saturated rings. The van der Waals surface area contributed by atoms with E-state index in [0.717, 1.165) is 12.5 Å². The zero-order chi connectivity index (χ0) is 14.1. The molecule has 1 aromatic carbocycles. The quantitative estimate of drug-likeness (QED) is 0.696. The Morgan fingerprint density at radius 3 is 2.74 bits per heavy atom. The smallest absolute Gasteiger partial charge is 0.339 e. The van der Waals surface area contributed by atoms with Crippen molar-refractivity contribution >= 4 is 5.97 Å². The third-order valence-corrected chi connectivity index (χ3v) is 2.31. The first kappa shape index (κ1) is 15.4. The first-order chi connectivity index (χ1) is 9.16. The van der Waals surface area contributed by atoms with Gasteiger partial charge in [0.2, 0.25) is 0 Å². The van der Waals surface area contributed by atoms with Crippen molar-refractivity contribution < 1.29 is 28.5 Å². The summed E-state index contributed by atoms with van der Waals surface area (Å²) in [7, 11) is 1.61. The molecular weight excluding hydrogens is 255 g/mol. The van der Waals surface area contributed by atoms with E-state index in [9.17, 15) is 9.18 Å². The van der Waals surface area contributed by atoms with Gasteiger partial charge >= 0.3 is 5.97 Å². The molecule has 0 spiro atoms. The zero-order valence-corrected chi connectivity index (χ0v) is 10.7. The number of halogens is 1. The third-order valence-electron chi connectivity index (χ3n) is 2.31. The first-order valence-corrected chi connectivity index (χ1v) is 5.88. The van der Waals surface area contributed by atoms with E-state index in [2.05, 4.69) is 0 Å². The van der Waals surface area contributed by atoms with E-state index in [1.54, 1.807) is 7.11 Å². The number of hydrogen-bond acceptors (Lipinski definition) is 4. The van der Waals surface area contributed by atoms with Gasteiger partial charge < -0.3 is 19.3 Å². The number of methoxy groups -OCH3 is 1. The molecule has 1 rings (SSSR count). The van der Waals surface area contributed by atoms with E-state index in [0.29, 0.717) is 13.2 Å². The number of rotatable bonds is 9. The van der Waals surface area contributed by atoms with Crippen molar-refractivity contribution in [2.75, 3.05) is 33.5 Å². The van der Waals surface area contributed by atoms with Crippen LogP contribution < -0.4 is 4.74 Å². The van der Waals surface area contributed by atoms with Crippen LogP contribution in [0.4, 0.5) is 4.39 Å². The maximum absolute atomic E-state index is 13.4. The minimum atomic E-state index is -1.23. The highest BCUT2D eigenvalue weighted by Crippen LogP contribution is 2.22. The second kappa shape index (κ2) is 8.44. The lowest BCUT2D eigenvalue weighted by atomic mass is 10.2. The summed E-state index contributed by atoms with van der Waals surface area (Å²) < 4.78 is 28.6. The van der Waals surface area contributed by atoms with Gasteiger partial charge in [0.1, 0.15) is 12.2 Å². The molecule has 5 nitrogen and oxygen atoms in total. The molecule has 0 heterocycles. The van der Waals surface area contributed by atoms with Crippen LogP contribution in [0, 0.1) is 5.82 Å². The van der Waals surface area contributed by atoms with E-state index < -0.39 is 11.8 Å². The average Bonchev–Trinajstić information content (AvgIpc) is 2.39. The van der Waals surface area contributed by atoms with Gasteiger partial charge in [0.25, 0.3) is 0 Å². The number of hydrogen-bond donors (Lipinski definition) is 1. The molecule has 0 aliphatic rings. The third kappa shape index (κ3) is 5.23. The Morgan fingerprint density at radius 1 is 1.26 bits per heavy atom. The Balaban J connectivity index is 2.38. The molecule has 0 aromatic heterocycles. The zero-order valence-electron chi connectivity index (χ0n) is 10.7. The second-order valence-electron chi connectivity index (χ2n) is 3.73. The maximum Gasteiger partial charge on any atom is 0.339 e. The Labute approximate surface area is 110 Å². The molecule has 0 unspecified atom stereocenters. The van der Waals surface area contributed by atoms with Crippen LogP contribution in [-0.2, 0) is 9.47 Å². The predicted octanol–water partition coefficient (Wildman–Crippen LogP) is 1.96. The van der Waals surface area contributed by atoms with Gasteiger partial charge in [-0.05, 0) is 18.6 Å². The van der Waals surface area contributed by atoms with E-state index in [1.165, 1.54) is 12.1 Å². The highest BCUT2D eigenvalue weighted by atomic mass is 19.1. The van der Waals surface area contributed by atoms with Gasteiger partial charge in [0.05, 0.1) is 6.61 Å². The lowest BCUT2D eigenvalue weighted by molar-refractivity contribution is 0.0673. The summed E-state index contributed by atoms with van der Waals surface area (Å²) in [5.41, 5.74) is -0.195. The van der Waals surface area contributed by atoms with Crippen LogP contribution in [-0.4, -0.2) is 44.6 Å². The molecule has 1 N–H and O–H groups in total. The lowest BCUT2D eigenvalue weighted by Crippen LogP contribution is -2.11. The Kier molecular flexibility index (Phi) is 6.84. The number of aromatic carboxylic acids is 1. The van der Waals surface area contributed by atoms with E-state index >= 15 is 0 Å². The van der Waals surface area contributed by atoms with Crippen molar-refractivity contribution in [3.8, 4) is 5.75 Å². The minimum absolute atomic E-state index is 0.0915. The molecule has 0 radical (unpaired) electrons. The Bertz CT molecular complexity index is 408. The summed E-state index contributed by atoms with van der Waals surface area (Å²) in [5.74, 6) is -2.18. The van der Waals surface area contributed by atoms with Gasteiger partial charge in [-0.3, -0.25) is 0 Å². The van der Waals surface area contributed by atoms with Crippen LogP contribution >= 0.6 is 0 Å². The van der Waals surface area contributed by atoms with Gasteiger partial charge in [-0.1, -0.05) is 6.07 Å². The van der Waals surface area contributed by atoms with Crippen LogP contribution in [0.1, 0.15) is 16.8 Å². The molecule has 0 bridgehead atoms. The van der Waals surface area contributed by atoms with Crippen LogP contribution in [0.3, 0.4) is 0 Å². The topological polar surface area (TPSA) is 65.0 Å². The van der Waals surface area contributed by atoms with E-state index in [4.69, 9.17) is 19.3 Å². The fourth-order valence-electron chi connectivity index (χ4n) is 1.43. The molecule has 106 valence electrons. The van der Waals surface area contributed by atoms with Crippen LogP contribution in [0.25, 0.3) is 0 Å². The van der Waals surface area contributed by atoms with Gasteiger partial charge in [-0.15, -0.1) is 0 Å². The van der Waals surface area contributed by atoms with E-state index in [-0.39, 0.29) is 24.5 Å². The molecule has 19 heavy (non-hydrogen) atoms. The summed E-state index contributed by atoms with van der Waals surface area (Å²) >= 11 is 0. The highest BCUT2D eigenvalue weighted by molar-refractivity contribution is 5.90. The summed E-state index contributed by atoms with van der Waals surface area (Å²) in [6, 6.07) is 3.77. The molecule has 0 amide bonds. The Hall–Kier alpha value is -1.66. The predicted molar refractivity (Wildman–Crippen MR) is 66.2 cm³/mol. The Morgan fingerprint density at radius 2 is 2.05 bits per heavy atom. The summed E-state index contributed by atoms with van der Waals surface area (Å²) in [6.07, 6.45) is 0.760.